The van der Waals surface area contributed by atoms with Crippen molar-refractivity contribution in [2.45, 2.75) is 84.0 Å². The zero-order valence-electron chi connectivity index (χ0n) is 32.6. The maximum Gasteiger partial charge on any atom is 0.309 e. The number of hydrogen-bond acceptors (Lipinski definition) is 12. The van der Waals surface area contributed by atoms with Crippen molar-refractivity contribution in [2.24, 2.45) is 11.8 Å². The van der Waals surface area contributed by atoms with Gasteiger partial charge in [-0.15, -0.1) is 0 Å². The van der Waals surface area contributed by atoms with Gasteiger partial charge in [0.15, 0.2) is 0 Å². The Hall–Kier alpha value is -3.52. The van der Waals surface area contributed by atoms with Crippen LogP contribution in [0, 0.1) is 11.8 Å². The standard InChI is InChI=1S/C42H60N2O9S2/c1-33(45)13-9-10-18-38(46)31-36(29-34-14-5-3-6-15-34)41(49)52-25-23-51-24-26-53-42(50)37(30-35-16-7-4-8-17-35)32-39(47)19-11-12-20-40(48)44-22-28-55-54-27-21-43-2/h3-8,14-17,36-37,43H,9-13,18-32H2,1-2H3,(H,44,48). The van der Waals surface area contributed by atoms with Gasteiger partial charge in [0.2, 0.25) is 5.91 Å². The minimum atomic E-state index is -0.652. The van der Waals surface area contributed by atoms with Crippen molar-refractivity contribution in [2.75, 3.05) is 58.1 Å². The number of esters is 2. The van der Waals surface area contributed by atoms with Crippen LogP contribution in [0.1, 0.15) is 82.3 Å². The average Bonchev–Trinajstić information content (AvgIpc) is 3.17. The highest BCUT2D eigenvalue weighted by molar-refractivity contribution is 8.76. The third-order valence-electron chi connectivity index (χ3n) is 8.58. The van der Waals surface area contributed by atoms with E-state index in [1.54, 1.807) is 21.6 Å². The normalized spacial score (nSPS) is 12.0. The molecular formula is C42H60N2O9S2. The Morgan fingerprint density at radius 1 is 0.600 bits per heavy atom. The molecule has 0 aliphatic rings. The van der Waals surface area contributed by atoms with Crippen LogP contribution in [0.5, 0.6) is 0 Å². The second kappa shape index (κ2) is 30.7. The Balaban J connectivity index is 1.72. The molecule has 0 fully saturated rings. The summed E-state index contributed by atoms with van der Waals surface area (Å²) in [6.07, 6.45) is 4.65. The van der Waals surface area contributed by atoms with Crippen LogP contribution in [0.25, 0.3) is 0 Å². The van der Waals surface area contributed by atoms with Gasteiger partial charge in [0, 0.05) is 63.1 Å². The molecule has 0 bridgehead atoms. The first-order valence-corrected chi connectivity index (χ1v) is 21.8. The van der Waals surface area contributed by atoms with Crippen LogP contribution in [0.2, 0.25) is 0 Å². The summed E-state index contributed by atoms with van der Waals surface area (Å²) in [6.45, 7) is 3.21. The number of Topliss-reactive ketones (excluding diaryl/α,β-unsaturated/α-hetero) is 3. The Kier molecular flexibility index (Phi) is 26.6. The first kappa shape index (κ1) is 47.6. The topological polar surface area (TPSA) is 154 Å². The predicted octanol–water partition coefficient (Wildman–Crippen LogP) is 6.15. The fraction of sp³-hybridized carbons (Fsp3) is 0.571. The second-order valence-corrected chi connectivity index (χ2v) is 16.1. The molecule has 0 heterocycles. The number of benzene rings is 2. The molecular weight excluding hydrogens is 741 g/mol. The van der Waals surface area contributed by atoms with Crippen molar-refractivity contribution in [3.8, 4) is 0 Å². The summed E-state index contributed by atoms with van der Waals surface area (Å²) in [6, 6.07) is 18.9. The Morgan fingerprint density at radius 3 is 1.53 bits per heavy atom. The third kappa shape index (κ3) is 24.6. The number of ketones is 3. The Morgan fingerprint density at radius 2 is 1.05 bits per heavy atom. The van der Waals surface area contributed by atoms with E-state index in [4.69, 9.17) is 14.2 Å². The lowest BCUT2D eigenvalue weighted by molar-refractivity contribution is -0.153. The van der Waals surface area contributed by atoms with Crippen molar-refractivity contribution in [1.82, 2.24) is 10.6 Å². The molecule has 2 unspecified atom stereocenters. The summed E-state index contributed by atoms with van der Waals surface area (Å²) >= 11 is 0. The number of unbranched alkanes of at least 4 members (excludes halogenated alkanes) is 2. The fourth-order valence-corrected chi connectivity index (χ4v) is 7.57. The molecule has 0 aliphatic carbocycles. The number of carbonyl (C=O) groups excluding carboxylic acids is 6. The molecule has 304 valence electrons. The molecule has 55 heavy (non-hydrogen) atoms. The first-order chi connectivity index (χ1) is 26.7. The monoisotopic (exact) mass is 800 g/mol. The maximum atomic E-state index is 13.1. The summed E-state index contributed by atoms with van der Waals surface area (Å²) < 4.78 is 16.5. The Labute approximate surface area is 334 Å². The highest BCUT2D eigenvalue weighted by atomic mass is 33.1. The lowest BCUT2D eigenvalue weighted by Crippen LogP contribution is -2.26. The van der Waals surface area contributed by atoms with Crippen molar-refractivity contribution in [3.63, 3.8) is 0 Å². The summed E-state index contributed by atoms with van der Waals surface area (Å²) in [5.74, 6) is -0.414. The number of ether oxygens (including phenoxy) is 3. The zero-order valence-corrected chi connectivity index (χ0v) is 34.2. The minimum Gasteiger partial charge on any atom is -0.463 e. The molecule has 0 aliphatic heterocycles. The van der Waals surface area contributed by atoms with E-state index in [1.807, 2.05) is 67.7 Å². The van der Waals surface area contributed by atoms with E-state index in [-0.39, 0.29) is 68.9 Å². The van der Waals surface area contributed by atoms with Gasteiger partial charge in [-0.25, -0.2) is 0 Å². The van der Waals surface area contributed by atoms with Gasteiger partial charge in [0.25, 0.3) is 0 Å². The van der Waals surface area contributed by atoms with Crippen LogP contribution in [0.4, 0.5) is 0 Å². The van der Waals surface area contributed by atoms with Gasteiger partial charge in [-0.3, -0.25) is 24.0 Å². The minimum absolute atomic E-state index is 0.0207. The third-order valence-corrected chi connectivity index (χ3v) is 11.0. The van der Waals surface area contributed by atoms with E-state index in [0.717, 1.165) is 29.2 Å². The zero-order chi connectivity index (χ0) is 39.9. The maximum absolute atomic E-state index is 13.1. The van der Waals surface area contributed by atoms with E-state index < -0.39 is 23.8 Å². The molecule has 0 aromatic heterocycles. The predicted molar refractivity (Wildman–Crippen MR) is 219 cm³/mol. The van der Waals surface area contributed by atoms with Gasteiger partial charge in [-0.05, 0) is 63.6 Å². The molecule has 0 radical (unpaired) electrons. The van der Waals surface area contributed by atoms with Gasteiger partial charge in [0.1, 0.15) is 30.6 Å². The first-order valence-electron chi connectivity index (χ1n) is 19.3. The molecule has 0 saturated carbocycles. The smallest absolute Gasteiger partial charge is 0.309 e. The van der Waals surface area contributed by atoms with Crippen LogP contribution >= 0.6 is 21.6 Å². The number of amides is 1. The van der Waals surface area contributed by atoms with Crippen molar-refractivity contribution in [3.05, 3.63) is 71.8 Å². The second-order valence-electron chi connectivity index (χ2n) is 13.4. The summed E-state index contributed by atoms with van der Waals surface area (Å²) in [5.41, 5.74) is 1.85. The largest absolute Gasteiger partial charge is 0.463 e. The van der Waals surface area contributed by atoms with Crippen LogP contribution in [-0.2, 0) is 55.8 Å². The number of carbonyl (C=O) groups is 6. The van der Waals surface area contributed by atoms with Gasteiger partial charge in [-0.1, -0.05) is 82.3 Å². The van der Waals surface area contributed by atoms with Crippen molar-refractivity contribution < 1.29 is 43.0 Å². The van der Waals surface area contributed by atoms with Crippen molar-refractivity contribution >= 4 is 56.8 Å². The van der Waals surface area contributed by atoms with Gasteiger partial charge in [-0.2, -0.15) is 0 Å². The van der Waals surface area contributed by atoms with E-state index in [9.17, 15) is 28.8 Å². The average molecular weight is 801 g/mol. The molecule has 0 saturated heterocycles. The molecule has 1 amide bonds. The molecule has 13 heteroatoms. The van der Waals surface area contributed by atoms with Gasteiger partial charge >= 0.3 is 11.9 Å². The van der Waals surface area contributed by atoms with E-state index in [0.29, 0.717) is 64.3 Å². The van der Waals surface area contributed by atoms with Gasteiger partial charge in [0.05, 0.1) is 25.0 Å². The van der Waals surface area contributed by atoms with E-state index in [2.05, 4.69) is 10.6 Å². The highest BCUT2D eigenvalue weighted by Gasteiger charge is 2.25. The van der Waals surface area contributed by atoms with Crippen LogP contribution in [-0.4, -0.2) is 93.3 Å². The van der Waals surface area contributed by atoms with Crippen LogP contribution < -0.4 is 10.6 Å². The molecule has 2 aromatic rings. The quantitative estimate of drug-likeness (QED) is 0.0484. The number of hydrogen-bond donors (Lipinski definition) is 2. The summed E-state index contributed by atoms with van der Waals surface area (Å²) in [7, 11) is 5.42. The Bertz CT molecular complexity index is 1410. The molecule has 11 nitrogen and oxygen atoms in total. The lowest BCUT2D eigenvalue weighted by atomic mass is 9.92. The van der Waals surface area contributed by atoms with Crippen molar-refractivity contribution in [1.29, 1.82) is 0 Å². The molecule has 2 N–H and O–H groups in total. The summed E-state index contributed by atoms with van der Waals surface area (Å²) in [5, 5.41) is 6.01. The number of nitrogens with one attached hydrogen (secondary N) is 2. The van der Waals surface area contributed by atoms with E-state index in [1.165, 1.54) is 6.92 Å². The lowest BCUT2D eigenvalue weighted by Gasteiger charge is -2.17. The molecule has 2 rings (SSSR count). The fourth-order valence-electron chi connectivity index (χ4n) is 5.65. The van der Waals surface area contributed by atoms with Gasteiger partial charge < -0.3 is 29.6 Å². The molecule has 2 atom stereocenters. The van der Waals surface area contributed by atoms with Crippen LogP contribution in [0.3, 0.4) is 0 Å². The van der Waals surface area contributed by atoms with E-state index >= 15 is 0 Å². The summed E-state index contributed by atoms with van der Waals surface area (Å²) in [4.78, 5) is 75.0. The SMILES string of the molecule is CNCCSSCCNC(=O)CCCCC(=O)CC(Cc1ccccc1)C(=O)OCCOCCOC(=O)C(CC(=O)CCCCC(C)=O)Cc1ccccc1. The highest BCUT2D eigenvalue weighted by Crippen LogP contribution is 2.20. The van der Waals surface area contributed by atoms with Crippen LogP contribution in [0.15, 0.2) is 60.7 Å². The molecule has 0 spiro atoms. The number of rotatable bonds is 33. The molecule has 2 aromatic carbocycles.